The van der Waals surface area contributed by atoms with Crippen molar-refractivity contribution < 1.29 is 9.59 Å². The fourth-order valence-electron chi connectivity index (χ4n) is 3.89. The van der Waals surface area contributed by atoms with E-state index in [0.717, 1.165) is 6.42 Å². The number of carbonyl (C=O) groups is 2. The van der Waals surface area contributed by atoms with E-state index in [0.29, 0.717) is 11.3 Å². The average Bonchev–Trinajstić information content (AvgIpc) is 3.13. The summed E-state index contributed by atoms with van der Waals surface area (Å²) in [5, 5.41) is 0. The Labute approximate surface area is 117 Å². The normalized spacial score (nSPS) is 33.6. The molecule has 20 heavy (non-hydrogen) atoms. The molecule has 1 aromatic carbocycles. The van der Waals surface area contributed by atoms with Crippen molar-refractivity contribution in [3.8, 4) is 12.3 Å². The van der Waals surface area contributed by atoms with Crippen LogP contribution >= 0.6 is 0 Å². The molecule has 1 heterocycles. The molecule has 1 aromatic rings. The number of anilines is 1. The zero-order valence-corrected chi connectivity index (χ0v) is 10.8. The van der Waals surface area contributed by atoms with Gasteiger partial charge in [0.2, 0.25) is 11.8 Å². The van der Waals surface area contributed by atoms with Gasteiger partial charge < -0.3 is 0 Å². The Kier molecular flexibility index (Phi) is 2.20. The molecule has 1 aliphatic heterocycles. The highest BCUT2D eigenvalue weighted by molar-refractivity contribution is 6.22. The van der Waals surface area contributed by atoms with E-state index in [1.54, 1.807) is 24.3 Å². The number of allylic oxidation sites excluding steroid dienone is 2. The lowest BCUT2D eigenvalue weighted by molar-refractivity contribution is -0.123. The van der Waals surface area contributed by atoms with Gasteiger partial charge in [-0.1, -0.05) is 24.1 Å². The van der Waals surface area contributed by atoms with Crippen LogP contribution in [0.2, 0.25) is 0 Å². The van der Waals surface area contributed by atoms with E-state index >= 15 is 0 Å². The molecule has 3 nitrogen and oxygen atoms in total. The topological polar surface area (TPSA) is 37.4 Å². The highest BCUT2D eigenvalue weighted by Gasteiger charge is 2.59. The Morgan fingerprint density at radius 3 is 2.35 bits per heavy atom. The van der Waals surface area contributed by atoms with Crippen molar-refractivity contribution in [2.24, 2.45) is 23.7 Å². The molecule has 2 aliphatic carbocycles. The maximum absolute atomic E-state index is 12.6. The SMILES string of the molecule is C#Cc1cccc(N2C(=O)[C@@H]3[C@@H](C2=O)[C@H]2C=C[C@H]3C2)c1. The fourth-order valence-corrected chi connectivity index (χ4v) is 3.89. The molecular formula is C17H13NO2. The second kappa shape index (κ2) is 3.83. The summed E-state index contributed by atoms with van der Waals surface area (Å²) in [6, 6.07) is 7.08. The Balaban J connectivity index is 1.76. The molecule has 4 atom stereocenters. The maximum atomic E-state index is 12.6. The maximum Gasteiger partial charge on any atom is 0.238 e. The molecule has 0 unspecified atom stereocenters. The van der Waals surface area contributed by atoms with Gasteiger partial charge in [-0.25, -0.2) is 4.90 Å². The Bertz CT molecular complexity index is 667. The Hall–Kier alpha value is -2.34. The number of hydrogen-bond acceptors (Lipinski definition) is 2. The molecule has 2 fully saturated rings. The van der Waals surface area contributed by atoms with Crippen LogP contribution in [-0.2, 0) is 9.59 Å². The molecule has 3 aliphatic rings. The van der Waals surface area contributed by atoms with Gasteiger partial charge in [-0.3, -0.25) is 9.59 Å². The van der Waals surface area contributed by atoms with Gasteiger partial charge in [0.1, 0.15) is 0 Å². The van der Waals surface area contributed by atoms with E-state index in [9.17, 15) is 9.59 Å². The zero-order valence-electron chi connectivity index (χ0n) is 10.8. The predicted molar refractivity (Wildman–Crippen MR) is 74.6 cm³/mol. The van der Waals surface area contributed by atoms with Crippen LogP contribution in [0.5, 0.6) is 0 Å². The molecule has 2 amide bonds. The lowest BCUT2D eigenvalue weighted by Crippen LogP contribution is -2.32. The van der Waals surface area contributed by atoms with Gasteiger partial charge in [-0.15, -0.1) is 6.42 Å². The van der Waals surface area contributed by atoms with Crippen LogP contribution in [0, 0.1) is 36.0 Å². The molecule has 0 N–H and O–H groups in total. The third kappa shape index (κ3) is 1.31. The van der Waals surface area contributed by atoms with Crippen LogP contribution in [0.25, 0.3) is 0 Å². The number of benzene rings is 1. The van der Waals surface area contributed by atoms with Crippen molar-refractivity contribution in [3.05, 3.63) is 42.0 Å². The number of fused-ring (bicyclic) bond motifs is 5. The first-order valence-corrected chi connectivity index (χ1v) is 6.83. The molecule has 0 spiro atoms. The van der Waals surface area contributed by atoms with Crippen molar-refractivity contribution >= 4 is 17.5 Å². The van der Waals surface area contributed by atoms with E-state index in [-0.39, 0.29) is 35.5 Å². The van der Waals surface area contributed by atoms with Crippen molar-refractivity contribution in [3.63, 3.8) is 0 Å². The summed E-state index contributed by atoms with van der Waals surface area (Å²) in [7, 11) is 0. The smallest absolute Gasteiger partial charge is 0.238 e. The highest BCUT2D eigenvalue weighted by atomic mass is 16.2. The summed E-state index contributed by atoms with van der Waals surface area (Å²) in [4.78, 5) is 26.5. The number of imide groups is 1. The van der Waals surface area contributed by atoms with Crippen LogP contribution in [0.4, 0.5) is 5.69 Å². The van der Waals surface area contributed by atoms with Gasteiger partial charge in [0.15, 0.2) is 0 Å². The Morgan fingerprint density at radius 2 is 1.75 bits per heavy atom. The van der Waals surface area contributed by atoms with E-state index < -0.39 is 0 Å². The minimum Gasteiger partial charge on any atom is -0.274 e. The molecule has 98 valence electrons. The number of hydrogen-bond donors (Lipinski definition) is 0. The molecule has 4 rings (SSSR count). The van der Waals surface area contributed by atoms with Gasteiger partial charge in [-0.05, 0) is 36.5 Å². The minimum atomic E-state index is -0.160. The van der Waals surface area contributed by atoms with Crippen LogP contribution < -0.4 is 4.90 Å². The molecule has 2 bridgehead atoms. The molecule has 1 saturated heterocycles. The van der Waals surface area contributed by atoms with Crippen LogP contribution in [-0.4, -0.2) is 11.8 Å². The summed E-state index contributed by atoms with van der Waals surface area (Å²) >= 11 is 0. The minimum absolute atomic E-state index is 0.0639. The van der Waals surface area contributed by atoms with Gasteiger partial charge in [0, 0.05) is 5.56 Å². The summed E-state index contributed by atoms with van der Waals surface area (Å²) in [5.74, 6) is 2.57. The second-order valence-corrected chi connectivity index (χ2v) is 5.71. The summed E-state index contributed by atoms with van der Waals surface area (Å²) < 4.78 is 0. The molecule has 3 heteroatoms. The van der Waals surface area contributed by atoms with E-state index in [1.807, 2.05) is 0 Å². The van der Waals surface area contributed by atoms with E-state index in [4.69, 9.17) is 6.42 Å². The number of amides is 2. The van der Waals surface area contributed by atoms with Gasteiger partial charge in [0.05, 0.1) is 17.5 Å². The zero-order chi connectivity index (χ0) is 13.9. The average molecular weight is 263 g/mol. The quantitative estimate of drug-likeness (QED) is 0.441. The van der Waals surface area contributed by atoms with Crippen molar-refractivity contribution in [2.45, 2.75) is 6.42 Å². The fraction of sp³-hybridized carbons (Fsp3) is 0.294. The first-order valence-electron chi connectivity index (χ1n) is 6.83. The van der Waals surface area contributed by atoms with E-state index in [1.165, 1.54) is 4.90 Å². The molecule has 1 saturated carbocycles. The summed E-state index contributed by atoms with van der Waals surface area (Å²) in [5.41, 5.74) is 1.28. The highest BCUT2D eigenvalue weighted by Crippen LogP contribution is 2.53. The number of terminal acetylenes is 1. The monoisotopic (exact) mass is 263 g/mol. The Morgan fingerprint density at radius 1 is 1.10 bits per heavy atom. The van der Waals surface area contributed by atoms with Gasteiger partial charge >= 0.3 is 0 Å². The van der Waals surface area contributed by atoms with Crippen molar-refractivity contribution in [1.29, 1.82) is 0 Å². The van der Waals surface area contributed by atoms with Crippen LogP contribution in [0.3, 0.4) is 0 Å². The van der Waals surface area contributed by atoms with Crippen molar-refractivity contribution in [2.75, 3.05) is 4.90 Å². The summed E-state index contributed by atoms with van der Waals surface area (Å²) in [6.45, 7) is 0. The lowest BCUT2D eigenvalue weighted by Gasteiger charge is -2.17. The van der Waals surface area contributed by atoms with Crippen LogP contribution in [0.15, 0.2) is 36.4 Å². The lowest BCUT2D eigenvalue weighted by atomic mass is 9.85. The number of carbonyl (C=O) groups excluding carboxylic acids is 2. The largest absolute Gasteiger partial charge is 0.274 e. The standard InChI is InChI=1S/C17H13NO2/c1-2-10-4-3-5-13(8-10)18-16(19)14-11-6-7-12(9-11)15(14)17(18)20/h1,3-8,11-12,14-15H,9H2/t11-,12-,14-,15-/m0/s1. The number of nitrogens with zero attached hydrogens (tertiary/aromatic N) is 1. The third-order valence-corrected chi connectivity index (χ3v) is 4.74. The molecular weight excluding hydrogens is 250 g/mol. The first-order chi connectivity index (χ1) is 9.70. The molecule has 0 radical (unpaired) electrons. The summed E-state index contributed by atoms with van der Waals surface area (Å²) in [6.07, 6.45) is 10.5. The van der Waals surface area contributed by atoms with Gasteiger partial charge in [-0.2, -0.15) is 0 Å². The first kappa shape index (κ1) is 11.5. The van der Waals surface area contributed by atoms with Crippen molar-refractivity contribution in [1.82, 2.24) is 0 Å². The second-order valence-electron chi connectivity index (χ2n) is 5.71. The predicted octanol–water partition coefficient (Wildman–Crippen LogP) is 1.98. The third-order valence-electron chi connectivity index (χ3n) is 4.74. The number of rotatable bonds is 1. The molecule has 0 aromatic heterocycles. The van der Waals surface area contributed by atoms with Gasteiger partial charge in [0.25, 0.3) is 0 Å². The van der Waals surface area contributed by atoms with Crippen LogP contribution in [0.1, 0.15) is 12.0 Å². The van der Waals surface area contributed by atoms with E-state index in [2.05, 4.69) is 18.1 Å².